The molecule has 3 aliphatic rings. The van der Waals surface area contributed by atoms with Crippen LogP contribution in [0.15, 0.2) is 0 Å². The molecule has 0 atom stereocenters. The molecule has 0 aromatic carbocycles. The van der Waals surface area contributed by atoms with Crippen molar-refractivity contribution in [1.29, 1.82) is 0 Å². The largest absolute Gasteiger partial charge is 0.306 e. The first kappa shape index (κ1) is 13.8. The van der Waals surface area contributed by atoms with Crippen LogP contribution >= 0.6 is 0 Å². The fourth-order valence-corrected chi connectivity index (χ4v) is 4.23. The van der Waals surface area contributed by atoms with Crippen LogP contribution in [0.2, 0.25) is 0 Å². The van der Waals surface area contributed by atoms with Crippen molar-refractivity contribution in [3.05, 3.63) is 0 Å². The van der Waals surface area contributed by atoms with E-state index in [0.717, 1.165) is 12.0 Å². The Morgan fingerprint density at radius 3 is 2.37 bits per heavy atom. The van der Waals surface area contributed by atoms with E-state index in [0.29, 0.717) is 5.41 Å². The third kappa shape index (κ3) is 2.98. The Morgan fingerprint density at radius 2 is 1.74 bits per heavy atom. The van der Waals surface area contributed by atoms with Gasteiger partial charge in [0.1, 0.15) is 0 Å². The molecule has 0 saturated carbocycles. The van der Waals surface area contributed by atoms with E-state index in [2.05, 4.69) is 35.6 Å². The lowest BCUT2D eigenvalue weighted by molar-refractivity contribution is -0.0153. The van der Waals surface area contributed by atoms with Gasteiger partial charge in [-0.3, -0.25) is 4.90 Å². The Balaban J connectivity index is 1.43. The lowest BCUT2D eigenvalue weighted by Gasteiger charge is -2.50. The number of rotatable bonds is 3. The standard InChI is InChI=1S/C16H31N3/c1-14(2)19-12-16(13-19)6-9-18(11-16)10-15-4-7-17(3)8-5-15/h14-15H,4-13H2,1-3H3. The van der Waals surface area contributed by atoms with Crippen LogP contribution in [-0.2, 0) is 0 Å². The quantitative estimate of drug-likeness (QED) is 0.770. The number of hydrogen-bond acceptors (Lipinski definition) is 3. The average Bonchev–Trinajstić information content (AvgIpc) is 2.74. The van der Waals surface area contributed by atoms with Gasteiger partial charge in [-0.05, 0) is 65.7 Å². The first-order valence-electron chi connectivity index (χ1n) is 8.21. The Bertz CT molecular complexity index is 301. The summed E-state index contributed by atoms with van der Waals surface area (Å²) in [5, 5.41) is 0. The van der Waals surface area contributed by atoms with Crippen molar-refractivity contribution >= 4 is 0 Å². The van der Waals surface area contributed by atoms with Crippen molar-refractivity contribution < 1.29 is 0 Å². The minimum absolute atomic E-state index is 0.676. The van der Waals surface area contributed by atoms with Gasteiger partial charge in [0.15, 0.2) is 0 Å². The van der Waals surface area contributed by atoms with Crippen molar-refractivity contribution in [1.82, 2.24) is 14.7 Å². The van der Waals surface area contributed by atoms with Gasteiger partial charge in [-0.2, -0.15) is 0 Å². The highest BCUT2D eigenvalue weighted by Gasteiger charge is 2.48. The van der Waals surface area contributed by atoms with E-state index in [4.69, 9.17) is 0 Å². The molecule has 0 aliphatic carbocycles. The summed E-state index contributed by atoms with van der Waals surface area (Å²) in [6, 6.07) is 0.744. The average molecular weight is 265 g/mol. The molecule has 3 aliphatic heterocycles. The SMILES string of the molecule is CC(C)N1CC2(CCN(CC3CCN(C)CC3)C2)C1. The second kappa shape index (κ2) is 5.34. The van der Waals surface area contributed by atoms with Gasteiger partial charge in [-0.25, -0.2) is 0 Å². The van der Waals surface area contributed by atoms with Crippen molar-refractivity contribution in [3.8, 4) is 0 Å². The van der Waals surface area contributed by atoms with Gasteiger partial charge in [0.25, 0.3) is 0 Å². The van der Waals surface area contributed by atoms with E-state index in [9.17, 15) is 0 Å². The summed E-state index contributed by atoms with van der Waals surface area (Å²) in [6.07, 6.45) is 4.28. The van der Waals surface area contributed by atoms with E-state index in [1.54, 1.807) is 0 Å². The molecular weight excluding hydrogens is 234 g/mol. The summed E-state index contributed by atoms with van der Waals surface area (Å²) < 4.78 is 0. The van der Waals surface area contributed by atoms with Crippen LogP contribution < -0.4 is 0 Å². The topological polar surface area (TPSA) is 9.72 Å². The van der Waals surface area contributed by atoms with Crippen LogP contribution in [-0.4, -0.2) is 73.6 Å². The van der Waals surface area contributed by atoms with Crippen LogP contribution in [0.1, 0.15) is 33.1 Å². The maximum Gasteiger partial charge on any atom is 0.00971 e. The molecule has 3 fully saturated rings. The van der Waals surface area contributed by atoms with Gasteiger partial charge in [0, 0.05) is 37.6 Å². The van der Waals surface area contributed by atoms with Gasteiger partial charge < -0.3 is 9.80 Å². The zero-order chi connectivity index (χ0) is 13.5. The third-order valence-corrected chi connectivity index (χ3v) is 5.68. The van der Waals surface area contributed by atoms with Crippen LogP contribution in [0.5, 0.6) is 0 Å². The van der Waals surface area contributed by atoms with E-state index in [1.807, 2.05) is 0 Å². The molecule has 0 amide bonds. The summed E-state index contributed by atoms with van der Waals surface area (Å²) in [7, 11) is 2.26. The fourth-order valence-electron chi connectivity index (χ4n) is 4.23. The highest BCUT2D eigenvalue weighted by atomic mass is 15.3. The van der Waals surface area contributed by atoms with Gasteiger partial charge in [-0.1, -0.05) is 0 Å². The molecule has 110 valence electrons. The summed E-state index contributed by atoms with van der Waals surface area (Å²) in [5.74, 6) is 0.965. The molecule has 3 rings (SSSR count). The Morgan fingerprint density at radius 1 is 1.05 bits per heavy atom. The third-order valence-electron chi connectivity index (χ3n) is 5.68. The minimum Gasteiger partial charge on any atom is -0.306 e. The minimum atomic E-state index is 0.676. The molecule has 0 radical (unpaired) electrons. The summed E-state index contributed by atoms with van der Waals surface area (Å²) in [4.78, 5) is 7.89. The summed E-state index contributed by atoms with van der Waals surface area (Å²) >= 11 is 0. The van der Waals surface area contributed by atoms with Crippen LogP contribution in [0.4, 0.5) is 0 Å². The first-order chi connectivity index (χ1) is 9.06. The van der Waals surface area contributed by atoms with Gasteiger partial charge in [-0.15, -0.1) is 0 Å². The van der Waals surface area contributed by atoms with Gasteiger partial charge in [0.05, 0.1) is 0 Å². The highest BCUT2D eigenvalue weighted by Crippen LogP contribution is 2.40. The predicted octanol–water partition coefficient (Wildman–Crippen LogP) is 1.74. The van der Waals surface area contributed by atoms with Gasteiger partial charge in [0.2, 0.25) is 0 Å². The molecule has 0 unspecified atom stereocenters. The second-order valence-corrected chi connectivity index (χ2v) is 7.73. The Kier molecular flexibility index (Phi) is 3.89. The molecule has 3 heteroatoms. The molecule has 19 heavy (non-hydrogen) atoms. The Labute approximate surface area is 118 Å². The van der Waals surface area contributed by atoms with Crippen molar-refractivity contribution in [3.63, 3.8) is 0 Å². The predicted molar refractivity (Wildman–Crippen MR) is 80.4 cm³/mol. The first-order valence-corrected chi connectivity index (χ1v) is 8.21. The van der Waals surface area contributed by atoms with E-state index >= 15 is 0 Å². The van der Waals surface area contributed by atoms with Crippen molar-refractivity contribution in [2.75, 3.05) is 52.9 Å². The molecule has 3 heterocycles. The maximum absolute atomic E-state index is 2.77. The molecule has 0 bridgehead atoms. The Hall–Kier alpha value is -0.120. The zero-order valence-electron chi connectivity index (χ0n) is 13.1. The van der Waals surface area contributed by atoms with E-state index in [-0.39, 0.29) is 0 Å². The molecule has 0 aromatic heterocycles. The molecule has 0 aromatic rings. The molecule has 0 N–H and O–H groups in total. The van der Waals surface area contributed by atoms with Crippen LogP contribution in [0.3, 0.4) is 0 Å². The molecular formula is C16H31N3. The molecule has 3 nitrogen and oxygen atoms in total. The zero-order valence-corrected chi connectivity index (χ0v) is 13.1. The second-order valence-electron chi connectivity index (χ2n) is 7.73. The van der Waals surface area contributed by atoms with Crippen molar-refractivity contribution in [2.45, 2.75) is 39.2 Å². The normalized spacial score (nSPS) is 30.3. The summed E-state index contributed by atoms with van der Waals surface area (Å²) in [5.41, 5.74) is 0.676. The number of nitrogens with zero attached hydrogens (tertiary/aromatic N) is 3. The van der Waals surface area contributed by atoms with Crippen molar-refractivity contribution in [2.24, 2.45) is 11.3 Å². The van der Waals surface area contributed by atoms with Crippen LogP contribution in [0, 0.1) is 11.3 Å². The monoisotopic (exact) mass is 265 g/mol. The fraction of sp³-hybridized carbons (Fsp3) is 1.00. The molecule has 1 spiro atoms. The number of piperidine rings is 1. The smallest absolute Gasteiger partial charge is 0.00971 e. The summed E-state index contributed by atoms with van der Waals surface area (Å²) in [6.45, 7) is 14.1. The molecule has 3 saturated heterocycles. The van der Waals surface area contributed by atoms with E-state index in [1.165, 1.54) is 65.1 Å². The lowest BCUT2D eigenvalue weighted by atomic mass is 9.78. The highest BCUT2D eigenvalue weighted by molar-refractivity contribution is 5.02. The number of hydrogen-bond donors (Lipinski definition) is 0. The maximum atomic E-state index is 2.77. The van der Waals surface area contributed by atoms with Gasteiger partial charge >= 0.3 is 0 Å². The lowest BCUT2D eigenvalue weighted by Crippen LogP contribution is -2.59. The van der Waals surface area contributed by atoms with E-state index < -0.39 is 0 Å². The van der Waals surface area contributed by atoms with Crippen LogP contribution in [0.25, 0.3) is 0 Å². The number of likely N-dealkylation sites (tertiary alicyclic amines) is 3.